The van der Waals surface area contributed by atoms with E-state index in [9.17, 15) is 9.59 Å². The molecule has 90 valence electrons. The van der Waals surface area contributed by atoms with Gasteiger partial charge in [0.1, 0.15) is 11.9 Å². The van der Waals surface area contributed by atoms with Gasteiger partial charge in [-0.1, -0.05) is 0 Å². The van der Waals surface area contributed by atoms with E-state index in [-0.39, 0.29) is 23.9 Å². The van der Waals surface area contributed by atoms with Crippen molar-refractivity contribution in [2.75, 3.05) is 19.6 Å². The van der Waals surface area contributed by atoms with Gasteiger partial charge in [0.15, 0.2) is 0 Å². The van der Waals surface area contributed by atoms with Gasteiger partial charge in [-0.2, -0.15) is 0 Å². The van der Waals surface area contributed by atoms with Gasteiger partial charge in [0.05, 0.1) is 6.10 Å². The summed E-state index contributed by atoms with van der Waals surface area (Å²) in [6.45, 7) is 1.57. The second kappa shape index (κ2) is 4.93. The van der Waals surface area contributed by atoms with Crippen molar-refractivity contribution < 1.29 is 14.3 Å². The summed E-state index contributed by atoms with van der Waals surface area (Å²) in [4.78, 5) is 24.8. The van der Waals surface area contributed by atoms with E-state index in [2.05, 4.69) is 0 Å². The van der Waals surface area contributed by atoms with Gasteiger partial charge in [-0.3, -0.25) is 9.59 Å². The number of piperidine rings is 1. The van der Waals surface area contributed by atoms with E-state index in [0.717, 1.165) is 12.8 Å². The van der Waals surface area contributed by atoms with E-state index in [0.29, 0.717) is 32.5 Å². The highest BCUT2D eigenvalue weighted by molar-refractivity contribution is 5.85. The van der Waals surface area contributed by atoms with Crippen LogP contribution >= 0.6 is 0 Å². The zero-order valence-corrected chi connectivity index (χ0v) is 9.35. The van der Waals surface area contributed by atoms with E-state index in [1.807, 2.05) is 0 Å². The Morgan fingerprint density at radius 1 is 1.38 bits per heavy atom. The Kier molecular flexibility index (Phi) is 3.56. The van der Waals surface area contributed by atoms with Crippen LogP contribution in [0.2, 0.25) is 0 Å². The number of hydrogen-bond acceptors (Lipinski definition) is 4. The van der Waals surface area contributed by atoms with Crippen LogP contribution in [0.3, 0.4) is 0 Å². The maximum absolute atomic E-state index is 12.0. The monoisotopic (exact) mass is 226 g/mol. The second-order valence-electron chi connectivity index (χ2n) is 4.42. The van der Waals surface area contributed by atoms with Crippen molar-refractivity contribution in [3.63, 3.8) is 0 Å². The first-order valence-electron chi connectivity index (χ1n) is 5.86. The summed E-state index contributed by atoms with van der Waals surface area (Å²) in [7, 11) is 0. The Balaban J connectivity index is 1.86. The van der Waals surface area contributed by atoms with Gasteiger partial charge >= 0.3 is 0 Å². The second-order valence-corrected chi connectivity index (χ2v) is 4.42. The summed E-state index contributed by atoms with van der Waals surface area (Å²) in [6.07, 6.45) is 2.28. The fraction of sp³-hybridized carbons (Fsp3) is 0.818. The van der Waals surface area contributed by atoms with Gasteiger partial charge in [-0.05, 0) is 12.8 Å². The lowest BCUT2D eigenvalue weighted by molar-refractivity contribution is -0.144. The summed E-state index contributed by atoms with van der Waals surface area (Å²) in [5.74, 6) is 0.277. The number of amides is 1. The fourth-order valence-corrected chi connectivity index (χ4v) is 2.24. The summed E-state index contributed by atoms with van der Waals surface area (Å²) < 4.78 is 5.55. The van der Waals surface area contributed by atoms with Crippen molar-refractivity contribution in [1.82, 2.24) is 4.90 Å². The molecule has 5 nitrogen and oxygen atoms in total. The molecular formula is C11H18N2O3. The molecule has 0 saturated carbocycles. The molecular weight excluding hydrogens is 208 g/mol. The minimum absolute atomic E-state index is 0.0281. The number of ketones is 1. The number of likely N-dealkylation sites (tertiary alicyclic amines) is 1. The van der Waals surface area contributed by atoms with Crippen LogP contribution in [0.1, 0.15) is 25.7 Å². The largest absolute Gasteiger partial charge is 0.364 e. The molecule has 0 aromatic carbocycles. The summed E-state index contributed by atoms with van der Waals surface area (Å²) in [5, 5.41) is 0. The molecule has 2 rings (SSSR count). The number of carbonyl (C=O) groups excluding carboxylic acids is 2. The third-order valence-electron chi connectivity index (χ3n) is 3.28. The number of rotatable bonds is 2. The molecule has 16 heavy (non-hydrogen) atoms. The highest BCUT2D eigenvalue weighted by Gasteiger charge is 2.33. The number of Topliss-reactive ketones (excluding diaryl/α,β-unsaturated/α-hetero) is 1. The topological polar surface area (TPSA) is 72.6 Å². The number of carbonyl (C=O) groups is 2. The number of nitrogens with two attached hydrogens (primary N) is 1. The summed E-state index contributed by atoms with van der Waals surface area (Å²) in [6, 6.07) is 0. The molecule has 2 atom stereocenters. The van der Waals surface area contributed by atoms with E-state index in [4.69, 9.17) is 10.5 Å². The van der Waals surface area contributed by atoms with Crippen LogP contribution in [0.15, 0.2) is 0 Å². The molecule has 2 N–H and O–H groups in total. The van der Waals surface area contributed by atoms with Crippen molar-refractivity contribution in [2.45, 2.75) is 37.9 Å². The van der Waals surface area contributed by atoms with Gasteiger partial charge in [0.2, 0.25) is 0 Å². The van der Waals surface area contributed by atoms with Crippen molar-refractivity contribution in [3.05, 3.63) is 0 Å². The molecule has 2 aliphatic rings. The Labute approximate surface area is 94.9 Å². The van der Waals surface area contributed by atoms with E-state index in [1.165, 1.54) is 0 Å². The Bertz CT molecular complexity index is 283. The molecule has 0 aromatic rings. The summed E-state index contributed by atoms with van der Waals surface area (Å²) >= 11 is 0. The smallest absolute Gasteiger partial charge is 0.251 e. The number of hydrogen-bond donors (Lipinski definition) is 1. The van der Waals surface area contributed by atoms with Gasteiger partial charge < -0.3 is 15.4 Å². The fourth-order valence-electron chi connectivity index (χ4n) is 2.24. The van der Waals surface area contributed by atoms with Crippen LogP contribution in [0.25, 0.3) is 0 Å². The molecule has 0 spiro atoms. The first-order chi connectivity index (χ1) is 7.70. The van der Waals surface area contributed by atoms with Crippen molar-refractivity contribution in [2.24, 2.45) is 5.73 Å². The van der Waals surface area contributed by atoms with Crippen molar-refractivity contribution >= 4 is 11.7 Å². The maximum atomic E-state index is 12.0. The van der Waals surface area contributed by atoms with Gasteiger partial charge in [0.25, 0.3) is 5.91 Å². The van der Waals surface area contributed by atoms with E-state index in [1.54, 1.807) is 4.90 Å². The third kappa shape index (κ3) is 2.41. The van der Waals surface area contributed by atoms with Crippen LogP contribution in [0.4, 0.5) is 0 Å². The minimum atomic E-state index is -0.332. The standard InChI is InChI=1S/C11H18N2O3/c12-7-9-1-2-10(16-9)11(15)13-5-3-8(14)4-6-13/h9-10H,1-7,12H2/t9-,10-/m1/s1. The van der Waals surface area contributed by atoms with Crippen LogP contribution in [0.5, 0.6) is 0 Å². The van der Waals surface area contributed by atoms with Crippen molar-refractivity contribution in [1.29, 1.82) is 0 Å². The van der Waals surface area contributed by atoms with Crippen LogP contribution in [-0.2, 0) is 14.3 Å². The molecule has 2 heterocycles. The van der Waals surface area contributed by atoms with E-state index < -0.39 is 0 Å². The molecule has 0 radical (unpaired) electrons. The first kappa shape index (κ1) is 11.5. The molecule has 2 saturated heterocycles. The highest BCUT2D eigenvalue weighted by atomic mass is 16.5. The lowest BCUT2D eigenvalue weighted by Crippen LogP contribution is -2.44. The quantitative estimate of drug-likeness (QED) is 0.700. The number of ether oxygens (including phenoxy) is 1. The van der Waals surface area contributed by atoms with Crippen LogP contribution in [-0.4, -0.2) is 48.4 Å². The normalized spacial score (nSPS) is 30.8. The Hall–Kier alpha value is -0.940. The lowest BCUT2D eigenvalue weighted by atomic mass is 10.1. The predicted octanol–water partition coefficient (Wildman–Crippen LogP) is -0.316. The molecule has 0 aliphatic carbocycles. The number of nitrogens with zero attached hydrogens (tertiary/aromatic N) is 1. The molecule has 0 unspecified atom stereocenters. The average molecular weight is 226 g/mol. The lowest BCUT2D eigenvalue weighted by Gasteiger charge is -2.28. The molecule has 0 bridgehead atoms. The minimum Gasteiger partial charge on any atom is -0.364 e. The first-order valence-corrected chi connectivity index (χ1v) is 5.86. The van der Waals surface area contributed by atoms with Gasteiger partial charge in [-0.25, -0.2) is 0 Å². The maximum Gasteiger partial charge on any atom is 0.251 e. The molecule has 1 amide bonds. The zero-order valence-electron chi connectivity index (χ0n) is 9.35. The molecule has 2 aliphatic heterocycles. The van der Waals surface area contributed by atoms with Gasteiger partial charge in [0, 0.05) is 32.5 Å². The predicted molar refractivity (Wildman–Crippen MR) is 57.8 cm³/mol. The molecule has 0 aromatic heterocycles. The van der Waals surface area contributed by atoms with Crippen molar-refractivity contribution in [3.8, 4) is 0 Å². The van der Waals surface area contributed by atoms with E-state index >= 15 is 0 Å². The zero-order chi connectivity index (χ0) is 11.5. The van der Waals surface area contributed by atoms with Gasteiger partial charge in [-0.15, -0.1) is 0 Å². The Morgan fingerprint density at radius 3 is 2.62 bits per heavy atom. The summed E-state index contributed by atoms with van der Waals surface area (Å²) in [5.41, 5.74) is 5.50. The molecule has 2 fully saturated rings. The van der Waals surface area contributed by atoms with Crippen LogP contribution < -0.4 is 5.73 Å². The SMILES string of the molecule is NC[C@H]1CC[C@H](C(=O)N2CCC(=O)CC2)O1. The molecule has 5 heteroatoms. The third-order valence-corrected chi connectivity index (χ3v) is 3.28. The van der Waals surface area contributed by atoms with Crippen LogP contribution in [0, 0.1) is 0 Å². The Morgan fingerprint density at radius 2 is 2.06 bits per heavy atom. The average Bonchev–Trinajstić information content (AvgIpc) is 2.77. The highest BCUT2D eigenvalue weighted by Crippen LogP contribution is 2.21.